The van der Waals surface area contributed by atoms with Gasteiger partial charge in [0.05, 0.1) is 5.69 Å². The Kier molecular flexibility index (Phi) is 4.26. The van der Waals surface area contributed by atoms with Crippen molar-refractivity contribution in [3.05, 3.63) is 60.8 Å². The third-order valence-electron chi connectivity index (χ3n) is 2.96. The van der Waals surface area contributed by atoms with Crippen LogP contribution in [-0.4, -0.2) is 20.7 Å². The molecule has 0 atom stereocenters. The van der Waals surface area contributed by atoms with Gasteiger partial charge in [-0.2, -0.15) is 0 Å². The number of hydrogen-bond donors (Lipinski definition) is 0. The van der Waals surface area contributed by atoms with Crippen LogP contribution in [0.3, 0.4) is 0 Å². The average molecular weight is 293 g/mol. The molecule has 0 amide bonds. The van der Waals surface area contributed by atoms with Crippen molar-refractivity contribution in [2.45, 2.75) is 11.9 Å². The second-order valence-electron chi connectivity index (χ2n) is 4.43. The first-order valence-electron chi connectivity index (χ1n) is 6.85. The molecule has 1 aromatic carbocycles. The lowest BCUT2D eigenvalue weighted by atomic mass is 10.1. The van der Waals surface area contributed by atoms with Gasteiger partial charge in [0.25, 0.3) is 0 Å². The molecule has 0 radical (unpaired) electrons. The molecule has 21 heavy (non-hydrogen) atoms. The molecular weight excluding hydrogens is 278 g/mol. The second-order valence-corrected chi connectivity index (χ2v) is 5.71. The van der Waals surface area contributed by atoms with Gasteiger partial charge in [-0.3, -0.25) is 4.98 Å². The fourth-order valence-electron chi connectivity index (χ4n) is 2.01. The normalized spacial score (nSPS) is 10.5. The molecular formula is C17H15N3S. The monoisotopic (exact) mass is 293 g/mol. The molecule has 0 spiro atoms. The summed E-state index contributed by atoms with van der Waals surface area (Å²) < 4.78 is 0. The predicted octanol–water partition coefficient (Wildman–Crippen LogP) is 4.32. The van der Waals surface area contributed by atoms with Crippen LogP contribution in [0.2, 0.25) is 0 Å². The Hall–Kier alpha value is -2.20. The minimum Gasteiger partial charge on any atom is -0.253 e. The number of hydrogen-bond acceptors (Lipinski definition) is 4. The second kappa shape index (κ2) is 6.50. The first-order chi connectivity index (χ1) is 10.4. The van der Waals surface area contributed by atoms with E-state index in [4.69, 9.17) is 0 Å². The molecule has 2 heterocycles. The van der Waals surface area contributed by atoms with Crippen LogP contribution in [0.4, 0.5) is 0 Å². The van der Waals surface area contributed by atoms with E-state index in [1.54, 1.807) is 18.0 Å². The summed E-state index contributed by atoms with van der Waals surface area (Å²) in [5.41, 5.74) is 2.82. The third kappa shape index (κ3) is 3.28. The smallest absolute Gasteiger partial charge is 0.179 e. The molecule has 4 heteroatoms. The fraction of sp³-hybridized carbons (Fsp3) is 0.118. The van der Waals surface area contributed by atoms with Crippen molar-refractivity contribution >= 4 is 11.8 Å². The first kappa shape index (κ1) is 13.8. The van der Waals surface area contributed by atoms with Crippen molar-refractivity contribution in [2.75, 3.05) is 5.75 Å². The minimum absolute atomic E-state index is 0.674. The molecule has 3 rings (SSSR count). The molecule has 0 aliphatic carbocycles. The maximum absolute atomic E-state index is 4.67. The highest BCUT2D eigenvalue weighted by Gasteiger charge is 2.09. The molecule has 0 aliphatic rings. The third-order valence-corrected chi connectivity index (χ3v) is 3.75. The van der Waals surface area contributed by atoms with Crippen molar-refractivity contribution in [3.8, 4) is 22.8 Å². The van der Waals surface area contributed by atoms with E-state index in [9.17, 15) is 0 Å². The summed E-state index contributed by atoms with van der Waals surface area (Å²) in [4.78, 5) is 13.6. The van der Waals surface area contributed by atoms with Gasteiger partial charge < -0.3 is 0 Å². The highest BCUT2D eigenvalue weighted by atomic mass is 32.2. The summed E-state index contributed by atoms with van der Waals surface area (Å²) in [7, 11) is 0. The number of thioether (sulfide) groups is 1. The van der Waals surface area contributed by atoms with Crippen molar-refractivity contribution < 1.29 is 0 Å². The molecule has 0 saturated carbocycles. The Morgan fingerprint density at radius 2 is 1.71 bits per heavy atom. The topological polar surface area (TPSA) is 38.7 Å². The zero-order valence-electron chi connectivity index (χ0n) is 11.7. The molecule has 2 aromatic heterocycles. The summed E-state index contributed by atoms with van der Waals surface area (Å²) in [5.74, 6) is 1.65. The number of nitrogens with zero attached hydrogens (tertiary/aromatic N) is 3. The van der Waals surface area contributed by atoms with Crippen LogP contribution >= 0.6 is 11.8 Å². The van der Waals surface area contributed by atoms with E-state index in [1.807, 2.05) is 42.5 Å². The van der Waals surface area contributed by atoms with Crippen LogP contribution in [0.25, 0.3) is 22.8 Å². The van der Waals surface area contributed by atoms with Crippen molar-refractivity contribution in [1.82, 2.24) is 15.0 Å². The largest absolute Gasteiger partial charge is 0.253 e. The van der Waals surface area contributed by atoms with Gasteiger partial charge in [0, 0.05) is 11.8 Å². The van der Waals surface area contributed by atoms with Gasteiger partial charge in [-0.1, -0.05) is 43.3 Å². The van der Waals surface area contributed by atoms with Gasteiger partial charge in [0.2, 0.25) is 0 Å². The molecule has 0 saturated heterocycles. The molecule has 0 N–H and O–H groups in total. The van der Waals surface area contributed by atoms with E-state index >= 15 is 0 Å². The quantitative estimate of drug-likeness (QED) is 0.530. The molecule has 3 aromatic rings. The summed E-state index contributed by atoms with van der Waals surface area (Å²) in [6.07, 6.45) is 1.76. The van der Waals surface area contributed by atoms with E-state index in [2.05, 4.69) is 34.0 Å². The highest BCUT2D eigenvalue weighted by molar-refractivity contribution is 7.99. The van der Waals surface area contributed by atoms with Crippen molar-refractivity contribution in [2.24, 2.45) is 0 Å². The van der Waals surface area contributed by atoms with E-state index in [1.165, 1.54) is 0 Å². The van der Waals surface area contributed by atoms with Gasteiger partial charge in [-0.05, 0) is 24.0 Å². The molecule has 0 bridgehead atoms. The number of aromatic nitrogens is 3. The Balaban J connectivity index is 2.11. The minimum atomic E-state index is 0.674. The number of pyridine rings is 1. The number of benzene rings is 1. The van der Waals surface area contributed by atoms with Crippen molar-refractivity contribution in [1.29, 1.82) is 0 Å². The lowest BCUT2D eigenvalue weighted by Gasteiger charge is -2.07. The van der Waals surface area contributed by atoms with Crippen LogP contribution < -0.4 is 0 Å². The predicted molar refractivity (Wildman–Crippen MR) is 87.1 cm³/mol. The molecule has 0 fully saturated rings. The van der Waals surface area contributed by atoms with Crippen LogP contribution in [0.15, 0.2) is 65.8 Å². The van der Waals surface area contributed by atoms with Crippen LogP contribution in [0.1, 0.15) is 6.92 Å². The van der Waals surface area contributed by atoms with Crippen LogP contribution in [0.5, 0.6) is 0 Å². The fourth-order valence-corrected chi connectivity index (χ4v) is 2.65. The summed E-state index contributed by atoms with van der Waals surface area (Å²) >= 11 is 1.71. The standard InChI is InChI=1S/C17H15N3S/c1-2-21-16-12-15(13-8-4-3-5-9-13)19-17(20-16)14-10-6-7-11-18-14/h3-12H,2H2,1H3. The molecule has 104 valence electrons. The summed E-state index contributed by atoms with van der Waals surface area (Å²) in [6, 6.07) is 18.0. The highest BCUT2D eigenvalue weighted by Crippen LogP contribution is 2.25. The zero-order chi connectivity index (χ0) is 14.5. The first-order valence-corrected chi connectivity index (χ1v) is 7.84. The van der Waals surface area contributed by atoms with Crippen LogP contribution in [0, 0.1) is 0 Å². The maximum Gasteiger partial charge on any atom is 0.179 e. The maximum atomic E-state index is 4.67. The van der Waals surface area contributed by atoms with E-state index in [0.29, 0.717) is 5.82 Å². The zero-order valence-corrected chi connectivity index (χ0v) is 12.5. The van der Waals surface area contributed by atoms with Gasteiger partial charge >= 0.3 is 0 Å². The Morgan fingerprint density at radius 1 is 0.905 bits per heavy atom. The SMILES string of the molecule is CCSc1cc(-c2ccccc2)nc(-c2ccccn2)n1. The van der Waals surface area contributed by atoms with Crippen molar-refractivity contribution in [3.63, 3.8) is 0 Å². The average Bonchev–Trinajstić information content (AvgIpc) is 2.56. The summed E-state index contributed by atoms with van der Waals surface area (Å²) in [5, 5.41) is 0.979. The van der Waals surface area contributed by atoms with Gasteiger partial charge in [0.1, 0.15) is 10.7 Å². The van der Waals surface area contributed by atoms with E-state index in [-0.39, 0.29) is 0 Å². The van der Waals surface area contributed by atoms with Gasteiger partial charge in [0.15, 0.2) is 5.82 Å². The van der Waals surface area contributed by atoms with E-state index in [0.717, 1.165) is 27.7 Å². The van der Waals surface area contributed by atoms with E-state index < -0.39 is 0 Å². The lowest BCUT2D eigenvalue weighted by Crippen LogP contribution is -1.96. The lowest BCUT2D eigenvalue weighted by molar-refractivity contribution is 1.05. The van der Waals surface area contributed by atoms with Gasteiger partial charge in [-0.15, -0.1) is 11.8 Å². The Labute approximate surface area is 128 Å². The molecule has 0 aliphatic heterocycles. The summed E-state index contributed by atoms with van der Waals surface area (Å²) in [6.45, 7) is 2.12. The molecule has 0 unspecified atom stereocenters. The van der Waals surface area contributed by atoms with Gasteiger partial charge in [-0.25, -0.2) is 9.97 Å². The Morgan fingerprint density at radius 3 is 2.43 bits per heavy atom. The Bertz CT molecular complexity index is 657. The number of rotatable bonds is 4. The van der Waals surface area contributed by atoms with Crippen LogP contribution in [-0.2, 0) is 0 Å². The molecule has 3 nitrogen and oxygen atoms in total.